The molecule has 0 saturated heterocycles. The zero-order valence-electron chi connectivity index (χ0n) is 10.6. The lowest BCUT2D eigenvalue weighted by molar-refractivity contribution is -0.142. The van der Waals surface area contributed by atoms with Crippen molar-refractivity contribution >= 4 is 23.6 Å². The number of nitrogens with two attached hydrogens (primary N) is 1. The van der Waals surface area contributed by atoms with E-state index in [1.807, 2.05) is 0 Å². The highest BCUT2D eigenvalue weighted by Crippen LogP contribution is 2.09. The zero-order valence-corrected chi connectivity index (χ0v) is 10.6. The van der Waals surface area contributed by atoms with Crippen molar-refractivity contribution in [2.24, 2.45) is 5.73 Å². The van der Waals surface area contributed by atoms with Gasteiger partial charge >= 0.3 is 12.0 Å². The Balaban J connectivity index is 2.67. The largest absolute Gasteiger partial charge is 0.467 e. The standard InChI is InChI=1S/C12H15N3O4/c1-7(11(17)19-2)14-10(16)8-3-5-9(6-4-8)15-12(13)18/h3-7H,1-2H3,(H,14,16)(H3,13,15,18)/t7-/m0/s1. The first-order chi connectivity index (χ1) is 8.93. The second-order valence-corrected chi connectivity index (χ2v) is 3.78. The third-order valence-corrected chi connectivity index (χ3v) is 2.32. The summed E-state index contributed by atoms with van der Waals surface area (Å²) in [6.07, 6.45) is 0. The molecule has 0 spiro atoms. The molecule has 0 aliphatic rings. The van der Waals surface area contributed by atoms with E-state index in [1.54, 1.807) is 0 Å². The van der Waals surface area contributed by atoms with Crippen LogP contribution in [0.15, 0.2) is 24.3 Å². The molecule has 0 fully saturated rings. The fraction of sp³-hybridized carbons (Fsp3) is 0.250. The van der Waals surface area contributed by atoms with E-state index in [1.165, 1.54) is 38.3 Å². The minimum atomic E-state index is -0.735. The van der Waals surface area contributed by atoms with E-state index in [0.717, 1.165) is 0 Å². The number of anilines is 1. The Morgan fingerprint density at radius 2 is 1.79 bits per heavy atom. The lowest BCUT2D eigenvalue weighted by Crippen LogP contribution is -2.39. The van der Waals surface area contributed by atoms with Gasteiger partial charge in [0.05, 0.1) is 7.11 Å². The number of amides is 3. The number of primary amides is 1. The van der Waals surface area contributed by atoms with Crippen molar-refractivity contribution in [2.45, 2.75) is 13.0 Å². The van der Waals surface area contributed by atoms with Crippen molar-refractivity contribution in [1.29, 1.82) is 0 Å². The fourth-order valence-electron chi connectivity index (χ4n) is 1.36. The summed E-state index contributed by atoms with van der Waals surface area (Å²) in [5.74, 6) is -0.941. The summed E-state index contributed by atoms with van der Waals surface area (Å²) in [5.41, 5.74) is 5.79. The van der Waals surface area contributed by atoms with Gasteiger partial charge in [0.15, 0.2) is 0 Å². The molecular formula is C12H15N3O4. The summed E-state index contributed by atoms with van der Waals surface area (Å²) in [6, 6.07) is 4.65. The molecule has 0 saturated carbocycles. The Morgan fingerprint density at radius 3 is 2.26 bits per heavy atom. The summed E-state index contributed by atoms with van der Waals surface area (Å²) < 4.78 is 4.50. The van der Waals surface area contributed by atoms with E-state index in [2.05, 4.69) is 15.4 Å². The maximum absolute atomic E-state index is 11.8. The Labute approximate surface area is 110 Å². The van der Waals surface area contributed by atoms with Crippen molar-refractivity contribution < 1.29 is 19.1 Å². The predicted molar refractivity (Wildman–Crippen MR) is 68.6 cm³/mol. The average Bonchev–Trinajstić information content (AvgIpc) is 2.37. The third kappa shape index (κ3) is 4.30. The van der Waals surface area contributed by atoms with Gasteiger partial charge in [-0.3, -0.25) is 4.79 Å². The second-order valence-electron chi connectivity index (χ2n) is 3.78. The Bertz CT molecular complexity index is 484. The molecule has 0 heterocycles. The molecule has 0 radical (unpaired) electrons. The number of carbonyl (C=O) groups is 3. The summed E-state index contributed by atoms with van der Waals surface area (Å²) in [5, 5.41) is 4.85. The van der Waals surface area contributed by atoms with Gasteiger partial charge in [-0.1, -0.05) is 0 Å². The highest BCUT2D eigenvalue weighted by molar-refractivity contribution is 5.97. The van der Waals surface area contributed by atoms with Gasteiger partial charge in [0.25, 0.3) is 5.91 Å². The van der Waals surface area contributed by atoms with Crippen LogP contribution in [0.3, 0.4) is 0 Å². The molecule has 7 heteroatoms. The number of nitrogens with one attached hydrogen (secondary N) is 2. The number of hydrogen-bond acceptors (Lipinski definition) is 4. The number of esters is 1. The first kappa shape index (κ1) is 14.5. The van der Waals surface area contributed by atoms with Crippen LogP contribution in [-0.2, 0) is 9.53 Å². The van der Waals surface area contributed by atoms with Crippen molar-refractivity contribution in [3.05, 3.63) is 29.8 Å². The molecule has 19 heavy (non-hydrogen) atoms. The molecular weight excluding hydrogens is 250 g/mol. The van der Waals surface area contributed by atoms with Crippen LogP contribution in [0.1, 0.15) is 17.3 Å². The predicted octanol–water partition coefficient (Wildman–Crippen LogP) is 0.468. The van der Waals surface area contributed by atoms with E-state index >= 15 is 0 Å². The van der Waals surface area contributed by atoms with Crippen LogP contribution in [0.4, 0.5) is 10.5 Å². The molecule has 3 amide bonds. The maximum Gasteiger partial charge on any atom is 0.328 e. The number of benzene rings is 1. The number of rotatable bonds is 4. The first-order valence-electron chi connectivity index (χ1n) is 5.49. The molecule has 0 aliphatic carbocycles. The summed E-state index contributed by atoms with van der Waals surface area (Å²) in [7, 11) is 1.25. The van der Waals surface area contributed by atoms with Gasteiger partial charge in [0.1, 0.15) is 6.04 Å². The molecule has 1 atom stereocenters. The molecule has 102 valence electrons. The van der Waals surface area contributed by atoms with Gasteiger partial charge in [-0.2, -0.15) is 0 Å². The molecule has 0 bridgehead atoms. The van der Waals surface area contributed by atoms with Crippen LogP contribution in [0.2, 0.25) is 0 Å². The van der Waals surface area contributed by atoms with Crippen molar-refractivity contribution in [3.63, 3.8) is 0 Å². The van der Waals surface area contributed by atoms with E-state index in [-0.39, 0.29) is 0 Å². The molecule has 1 rings (SSSR count). The van der Waals surface area contributed by atoms with Crippen molar-refractivity contribution in [3.8, 4) is 0 Å². The summed E-state index contributed by atoms with van der Waals surface area (Å²) in [4.78, 5) is 33.6. The van der Waals surface area contributed by atoms with Gasteiger partial charge in [0, 0.05) is 11.3 Å². The van der Waals surface area contributed by atoms with Crippen LogP contribution in [-0.4, -0.2) is 31.1 Å². The smallest absolute Gasteiger partial charge is 0.328 e. The summed E-state index contributed by atoms with van der Waals surface area (Å²) >= 11 is 0. The van der Waals surface area contributed by atoms with E-state index in [4.69, 9.17) is 5.73 Å². The normalized spacial score (nSPS) is 11.3. The minimum absolute atomic E-state index is 0.353. The molecule has 7 nitrogen and oxygen atoms in total. The molecule has 1 aromatic carbocycles. The number of hydrogen-bond donors (Lipinski definition) is 3. The number of methoxy groups -OCH3 is 1. The van der Waals surface area contributed by atoms with Crippen molar-refractivity contribution in [1.82, 2.24) is 5.32 Å². The number of carbonyl (C=O) groups excluding carboxylic acids is 3. The van der Waals surface area contributed by atoms with Gasteiger partial charge < -0.3 is 21.1 Å². The minimum Gasteiger partial charge on any atom is -0.467 e. The first-order valence-corrected chi connectivity index (χ1v) is 5.49. The molecule has 1 aromatic rings. The van der Waals surface area contributed by atoms with Crippen LogP contribution < -0.4 is 16.4 Å². The fourth-order valence-corrected chi connectivity index (χ4v) is 1.36. The highest BCUT2D eigenvalue weighted by Gasteiger charge is 2.16. The topological polar surface area (TPSA) is 111 Å². The van der Waals surface area contributed by atoms with Crippen LogP contribution in [0.25, 0.3) is 0 Å². The lowest BCUT2D eigenvalue weighted by Gasteiger charge is -2.11. The van der Waals surface area contributed by atoms with Crippen LogP contribution >= 0.6 is 0 Å². The molecule has 0 aromatic heterocycles. The molecule has 0 unspecified atom stereocenters. The molecule has 4 N–H and O–H groups in total. The number of ether oxygens (including phenoxy) is 1. The SMILES string of the molecule is COC(=O)[C@H](C)NC(=O)c1ccc(NC(N)=O)cc1. The summed E-state index contributed by atoms with van der Waals surface area (Å²) in [6.45, 7) is 1.52. The second kappa shape index (κ2) is 6.39. The lowest BCUT2D eigenvalue weighted by atomic mass is 10.2. The van der Waals surface area contributed by atoms with Crippen molar-refractivity contribution in [2.75, 3.05) is 12.4 Å². The Morgan fingerprint density at radius 1 is 1.21 bits per heavy atom. The highest BCUT2D eigenvalue weighted by atomic mass is 16.5. The van der Waals surface area contributed by atoms with Gasteiger partial charge in [0.2, 0.25) is 0 Å². The van der Waals surface area contributed by atoms with E-state index in [9.17, 15) is 14.4 Å². The molecule has 0 aliphatic heterocycles. The van der Waals surface area contributed by atoms with E-state index in [0.29, 0.717) is 11.3 Å². The van der Waals surface area contributed by atoms with Gasteiger partial charge in [-0.05, 0) is 31.2 Å². The monoisotopic (exact) mass is 265 g/mol. The van der Waals surface area contributed by atoms with E-state index < -0.39 is 23.9 Å². The average molecular weight is 265 g/mol. The quantitative estimate of drug-likeness (QED) is 0.687. The third-order valence-electron chi connectivity index (χ3n) is 2.32. The van der Waals surface area contributed by atoms with Crippen LogP contribution in [0.5, 0.6) is 0 Å². The van der Waals surface area contributed by atoms with Gasteiger partial charge in [-0.15, -0.1) is 0 Å². The van der Waals surface area contributed by atoms with Crippen LogP contribution in [0, 0.1) is 0 Å². The number of urea groups is 1. The Kier molecular flexibility index (Phi) is 4.87. The zero-order chi connectivity index (χ0) is 14.4. The Hall–Kier alpha value is -2.57. The van der Waals surface area contributed by atoms with Gasteiger partial charge in [-0.25, -0.2) is 9.59 Å². The maximum atomic E-state index is 11.8.